The molecule has 1 heterocycles. The van der Waals surface area contributed by atoms with E-state index in [1.54, 1.807) is 23.6 Å². The topological polar surface area (TPSA) is 40.5 Å². The molecule has 1 aromatic rings. The Morgan fingerprint density at radius 1 is 1.35 bits per heavy atom. The normalized spacial score (nSPS) is 21.4. The summed E-state index contributed by atoms with van der Waals surface area (Å²) in [4.78, 5) is 13.7. The van der Waals surface area contributed by atoms with Crippen LogP contribution in [0.5, 0.6) is 0 Å². The highest BCUT2D eigenvalue weighted by Gasteiger charge is 2.33. The number of carbonyl (C=O) groups excluding carboxylic acids is 1. The van der Waals surface area contributed by atoms with E-state index in [9.17, 15) is 9.90 Å². The number of amides is 1. The third-order valence-corrected chi connectivity index (χ3v) is 4.75. The lowest BCUT2D eigenvalue weighted by Crippen LogP contribution is -2.34. The first-order chi connectivity index (χ1) is 9.29. The van der Waals surface area contributed by atoms with Gasteiger partial charge in [0, 0.05) is 6.54 Å². The van der Waals surface area contributed by atoms with Crippen LogP contribution in [0.1, 0.15) is 44.2 Å². The fourth-order valence-corrected chi connectivity index (χ4v) is 3.56. The maximum atomic E-state index is 11.9. The maximum absolute atomic E-state index is 11.9. The fourth-order valence-electron chi connectivity index (χ4n) is 2.36. The zero-order chi connectivity index (χ0) is 14.9. The van der Waals surface area contributed by atoms with Crippen LogP contribution >= 0.6 is 11.8 Å². The van der Waals surface area contributed by atoms with Crippen molar-refractivity contribution in [2.24, 2.45) is 0 Å². The number of hydrogen-bond acceptors (Lipinski definition) is 3. The van der Waals surface area contributed by atoms with E-state index in [1.165, 1.54) is 5.56 Å². The zero-order valence-corrected chi connectivity index (χ0v) is 13.4. The molecule has 1 fully saturated rings. The lowest BCUT2D eigenvalue weighted by atomic mass is 9.86. The van der Waals surface area contributed by atoms with Crippen molar-refractivity contribution in [3.8, 4) is 0 Å². The monoisotopic (exact) mass is 293 g/mol. The van der Waals surface area contributed by atoms with E-state index in [1.807, 2.05) is 0 Å². The molecule has 0 bridgehead atoms. The van der Waals surface area contributed by atoms with E-state index in [2.05, 4.69) is 45.0 Å². The van der Waals surface area contributed by atoms with Gasteiger partial charge in [0.1, 0.15) is 5.37 Å². The first kappa shape index (κ1) is 15.4. The highest BCUT2D eigenvalue weighted by atomic mass is 32.2. The van der Waals surface area contributed by atoms with Crippen LogP contribution in [-0.2, 0) is 10.2 Å². The van der Waals surface area contributed by atoms with Crippen molar-refractivity contribution < 1.29 is 9.90 Å². The smallest absolute Gasteiger partial charge is 0.233 e. The van der Waals surface area contributed by atoms with Gasteiger partial charge in [-0.15, -0.1) is 11.8 Å². The van der Waals surface area contributed by atoms with Crippen molar-refractivity contribution >= 4 is 17.7 Å². The number of carbonyl (C=O) groups is 1. The highest BCUT2D eigenvalue weighted by Crippen LogP contribution is 2.39. The van der Waals surface area contributed by atoms with Gasteiger partial charge >= 0.3 is 0 Å². The van der Waals surface area contributed by atoms with Crippen LogP contribution in [0.3, 0.4) is 0 Å². The van der Waals surface area contributed by atoms with Gasteiger partial charge < -0.3 is 10.0 Å². The Morgan fingerprint density at radius 3 is 2.45 bits per heavy atom. The largest absolute Gasteiger partial charge is 0.392 e. The zero-order valence-electron chi connectivity index (χ0n) is 12.6. The number of β-amino-alcohol motifs (C(OH)–C–C–N with tert-alkyl or cyclic N) is 1. The summed E-state index contributed by atoms with van der Waals surface area (Å²) in [6, 6.07) is 8.48. The average molecular weight is 293 g/mol. The van der Waals surface area contributed by atoms with E-state index in [0.29, 0.717) is 12.3 Å². The van der Waals surface area contributed by atoms with Crippen molar-refractivity contribution in [3.63, 3.8) is 0 Å². The maximum Gasteiger partial charge on any atom is 0.233 e. The molecule has 1 saturated heterocycles. The molecule has 0 spiro atoms. The highest BCUT2D eigenvalue weighted by molar-refractivity contribution is 8.00. The molecule has 1 aromatic carbocycles. The molecule has 1 amide bonds. The molecule has 1 N–H and O–H groups in total. The predicted molar refractivity (Wildman–Crippen MR) is 83.7 cm³/mol. The average Bonchev–Trinajstić information content (AvgIpc) is 2.70. The molecule has 2 rings (SSSR count). The molecule has 0 aromatic heterocycles. The van der Waals surface area contributed by atoms with Gasteiger partial charge in [-0.2, -0.15) is 0 Å². The summed E-state index contributed by atoms with van der Waals surface area (Å²) in [5.41, 5.74) is 2.56. The van der Waals surface area contributed by atoms with E-state index in [-0.39, 0.29) is 16.7 Å². The minimum Gasteiger partial charge on any atom is -0.392 e. The van der Waals surface area contributed by atoms with E-state index < -0.39 is 6.10 Å². The summed E-state index contributed by atoms with van der Waals surface area (Å²) in [7, 11) is 0. The summed E-state index contributed by atoms with van der Waals surface area (Å²) >= 11 is 1.63. The van der Waals surface area contributed by atoms with Crippen molar-refractivity contribution in [2.75, 3.05) is 12.3 Å². The minimum atomic E-state index is -0.492. The van der Waals surface area contributed by atoms with Gasteiger partial charge in [0.15, 0.2) is 0 Å². The summed E-state index contributed by atoms with van der Waals surface area (Å²) < 4.78 is 0. The van der Waals surface area contributed by atoms with Crippen LogP contribution in [-0.4, -0.2) is 34.3 Å². The number of nitrogens with zero attached hydrogens (tertiary/aromatic N) is 1. The van der Waals surface area contributed by atoms with Crippen molar-refractivity contribution in [3.05, 3.63) is 35.4 Å². The number of benzene rings is 1. The molecular weight excluding hydrogens is 270 g/mol. The molecule has 1 aliphatic heterocycles. The van der Waals surface area contributed by atoms with Crippen molar-refractivity contribution in [2.45, 2.75) is 44.6 Å². The summed E-state index contributed by atoms with van der Waals surface area (Å²) in [6.07, 6.45) is -0.492. The Kier molecular flexibility index (Phi) is 4.45. The molecule has 110 valence electrons. The predicted octanol–water partition coefficient (Wildman–Crippen LogP) is 2.94. The molecule has 4 heteroatoms. The van der Waals surface area contributed by atoms with Gasteiger partial charge in [0.25, 0.3) is 0 Å². The van der Waals surface area contributed by atoms with Gasteiger partial charge in [0.2, 0.25) is 5.91 Å². The van der Waals surface area contributed by atoms with Crippen LogP contribution in [0.2, 0.25) is 0 Å². The number of thioether (sulfide) groups is 1. The van der Waals surface area contributed by atoms with Crippen LogP contribution in [0, 0.1) is 0 Å². The lowest BCUT2D eigenvalue weighted by Gasteiger charge is -2.26. The second-order valence-electron chi connectivity index (χ2n) is 6.43. The number of rotatable bonds is 3. The van der Waals surface area contributed by atoms with E-state index in [0.717, 1.165) is 5.56 Å². The van der Waals surface area contributed by atoms with Gasteiger partial charge in [-0.3, -0.25) is 4.79 Å². The first-order valence-corrected chi connectivity index (χ1v) is 8.03. The van der Waals surface area contributed by atoms with E-state index in [4.69, 9.17) is 0 Å². The molecule has 1 aliphatic rings. The number of aliphatic hydroxyl groups is 1. The van der Waals surface area contributed by atoms with Crippen LogP contribution < -0.4 is 0 Å². The van der Waals surface area contributed by atoms with Crippen molar-refractivity contribution in [1.29, 1.82) is 0 Å². The van der Waals surface area contributed by atoms with Crippen molar-refractivity contribution in [1.82, 2.24) is 4.90 Å². The Labute approximate surface area is 125 Å². The SMILES string of the molecule is C[C@H](O)CN1C(=O)CS[C@H]1c1ccc(C(C)(C)C)cc1. The van der Waals surface area contributed by atoms with E-state index >= 15 is 0 Å². The third-order valence-electron chi connectivity index (χ3n) is 3.49. The summed E-state index contributed by atoms with van der Waals surface area (Å²) in [6.45, 7) is 8.69. The van der Waals surface area contributed by atoms with Gasteiger partial charge in [-0.25, -0.2) is 0 Å². The molecule has 20 heavy (non-hydrogen) atoms. The van der Waals surface area contributed by atoms with Crippen LogP contribution in [0.4, 0.5) is 0 Å². The molecule has 2 atom stereocenters. The molecule has 0 radical (unpaired) electrons. The Bertz CT molecular complexity index is 476. The molecule has 3 nitrogen and oxygen atoms in total. The summed E-state index contributed by atoms with van der Waals surface area (Å²) in [5, 5.41) is 9.58. The quantitative estimate of drug-likeness (QED) is 0.931. The number of hydrogen-bond donors (Lipinski definition) is 1. The Hall–Kier alpha value is -1.00. The summed E-state index contributed by atoms with van der Waals surface area (Å²) in [5.74, 6) is 0.610. The third kappa shape index (κ3) is 3.36. The van der Waals surface area contributed by atoms with Crippen LogP contribution in [0.15, 0.2) is 24.3 Å². The minimum absolute atomic E-state index is 0.0334. The van der Waals surface area contributed by atoms with Crippen LogP contribution in [0.25, 0.3) is 0 Å². The first-order valence-electron chi connectivity index (χ1n) is 6.98. The molecule has 0 unspecified atom stereocenters. The molecular formula is C16H23NO2S. The number of aliphatic hydroxyl groups excluding tert-OH is 1. The van der Waals surface area contributed by atoms with Gasteiger partial charge in [-0.1, -0.05) is 45.0 Å². The molecule has 0 aliphatic carbocycles. The van der Waals surface area contributed by atoms with Gasteiger partial charge in [0.05, 0.1) is 11.9 Å². The second kappa shape index (κ2) is 5.78. The second-order valence-corrected chi connectivity index (χ2v) is 7.50. The standard InChI is InChI=1S/C16H23NO2S/c1-11(18)9-17-14(19)10-20-15(17)12-5-7-13(8-6-12)16(2,3)4/h5-8,11,15,18H,9-10H2,1-4H3/t11-,15-/m0/s1. The molecule has 0 saturated carbocycles. The lowest BCUT2D eigenvalue weighted by molar-refractivity contribution is -0.129. The Morgan fingerprint density at radius 2 is 1.95 bits per heavy atom. The fraction of sp³-hybridized carbons (Fsp3) is 0.562. The Balaban J connectivity index is 2.20. The van der Waals surface area contributed by atoms with Gasteiger partial charge in [-0.05, 0) is 23.5 Å².